The molecule has 1 aliphatic heterocycles. The molecule has 0 radical (unpaired) electrons. The topological polar surface area (TPSA) is 118 Å². The van der Waals surface area contributed by atoms with Gasteiger partial charge in [-0.1, -0.05) is 35.1 Å². The number of rotatable bonds is 6. The first-order valence-electron chi connectivity index (χ1n) is 9.98. The quantitative estimate of drug-likeness (QED) is 0.376. The van der Waals surface area contributed by atoms with Gasteiger partial charge >= 0.3 is 5.97 Å². The number of aromatic nitrogens is 1. The van der Waals surface area contributed by atoms with E-state index in [2.05, 4.69) is 20.4 Å². The van der Waals surface area contributed by atoms with Crippen LogP contribution in [0.5, 0.6) is 0 Å². The minimum absolute atomic E-state index is 0.211. The molecule has 0 fully saturated rings. The number of benzene rings is 2. The van der Waals surface area contributed by atoms with Crippen molar-refractivity contribution in [2.24, 2.45) is 0 Å². The molecule has 2 aromatic carbocycles. The van der Waals surface area contributed by atoms with Gasteiger partial charge in [-0.3, -0.25) is 19.7 Å². The van der Waals surface area contributed by atoms with Crippen molar-refractivity contribution in [2.75, 3.05) is 22.6 Å². The minimum atomic E-state index is -0.856. The molecular formula is C23H16ClFN4O5S. The SMILES string of the molecule is COC(=O)c1sc(NC(=O)c2ccc(NC3=C(Cl)C(=O)N(c4ccccc4F)C3=O)cc2)nc1C. The third-order valence-corrected chi connectivity index (χ3v) is 6.33. The number of nitrogens with zero attached hydrogens (tertiary/aromatic N) is 2. The van der Waals surface area contributed by atoms with Gasteiger partial charge in [0.15, 0.2) is 5.13 Å². The number of methoxy groups -OCH3 is 1. The fraction of sp³-hybridized carbons (Fsp3) is 0.0870. The molecule has 178 valence electrons. The second kappa shape index (κ2) is 9.65. The van der Waals surface area contributed by atoms with Gasteiger partial charge in [0, 0.05) is 11.3 Å². The molecule has 0 spiro atoms. The number of nitrogens with one attached hydrogen (secondary N) is 2. The number of amides is 3. The standard InChI is InChI=1S/C23H16ClFN4O5S/c1-11-18(22(33)34-2)35-23(26-11)28-19(30)12-7-9-13(10-8-12)27-17-16(24)20(31)29(21(17)32)15-6-4-3-5-14(15)25/h3-10,27H,1-2H3,(H,26,28,30). The van der Waals surface area contributed by atoms with E-state index in [-0.39, 0.29) is 32.0 Å². The molecule has 0 saturated carbocycles. The zero-order chi connectivity index (χ0) is 25.3. The molecule has 9 nitrogen and oxygen atoms in total. The molecule has 4 rings (SSSR count). The predicted octanol–water partition coefficient (Wildman–Crippen LogP) is 4.07. The highest BCUT2D eigenvalue weighted by atomic mass is 35.5. The lowest BCUT2D eigenvalue weighted by Gasteiger charge is -2.15. The van der Waals surface area contributed by atoms with Crippen molar-refractivity contribution in [3.63, 3.8) is 0 Å². The smallest absolute Gasteiger partial charge is 0.350 e. The van der Waals surface area contributed by atoms with Crippen LogP contribution in [0.25, 0.3) is 0 Å². The van der Waals surface area contributed by atoms with Gasteiger partial charge in [-0.2, -0.15) is 0 Å². The van der Waals surface area contributed by atoms with Gasteiger partial charge in [-0.05, 0) is 43.3 Å². The summed E-state index contributed by atoms with van der Waals surface area (Å²) in [7, 11) is 1.26. The van der Waals surface area contributed by atoms with Crippen LogP contribution in [-0.2, 0) is 14.3 Å². The molecule has 0 atom stereocenters. The zero-order valence-corrected chi connectivity index (χ0v) is 19.8. The van der Waals surface area contributed by atoms with Crippen LogP contribution in [0.1, 0.15) is 25.7 Å². The number of aryl methyl sites for hydroxylation is 1. The van der Waals surface area contributed by atoms with Crippen LogP contribution in [0.4, 0.5) is 20.9 Å². The molecule has 3 amide bonds. The fourth-order valence-electron chi connectivity index (χ4n) is 3.21. The highest BCUT2D eigenvalue weighted by Gasteiger charge is 2.40. The first-order chi connectivity index (χ1) is 16.7. The first-order valence-corrected chi connectivity index (χ1v) is 11.2. The van der Waals surface area contributed by atoms with Crippen LogP contribution in [-0.4, -0.2) is 35.8 Å². The first kappa shape index (κ1) is 24.0. The Hall–Kier alpha value is -4.09. The second-order valence-corrected chi connectivity index (χ2v) is 8.54. The predicted molar refractivity (Wildman–Crippen MR) is 128 cm³/mol. The third kappa shape index (κ3) is 4.63. The average molecular weight is 515 g/mol. The van der Waals surface area contributed by atoms with Crippen molar-refractivity contribution >= 4 is 63.1 Å². The number of hydrogen-bond donors (Lipinski definition) is 2. The summed E-state index contributed by atoms with van der Waals surface area (Å²) in [5.74, 6) is -3.43. The van der Waals surface area contributed by atoms with E-state index in [1.165, 1.54) is 49.6 Å². The number of para-hydroxylation sites is 1. The Bertz CT molecular complexity index is 1400. The van der Waals surface area contributed by atoms with Gasteiger partial charge in [0.1, 0.15) is 21.4 Å². The van der Waals surface area contributed by atoms with Crippen molar-refractivity contribution in [1.29, 1.82) is 0 Å². The molecule has 12 heteroatoms. The number of anilines is 3. The van der Waals surface area contributed by atoms with Gasteiger partial charge in [0.05, 0.1) is 18.5 Å². The van der Waals surface area contributed by atoms with Crippen LogP contribution < -0.4 is 15.5 Å². The molecule has 0 bridgehead atoms. The molecule has 2 N–H and O–H groups in total. The van der Waals surface area contributed by atoms with Gasteiger partial charge < -0.3 is 10.1 Å². The van der Waals surface area contributed by atoms with Gasteiger partial charge in [0.2, 0.25) is 0 Å². The van der Waals surface area contributed by atoms with Crippen molar-refractivity contribution in [3.8, 4) is 0 Å². The number of imide groups is 1. The van der Waals surface area contributed by atoms with Gasteiger partial charge in [-0.15, -0.1) is 0 Å². The summed E-state index contributed by atoms with van der Waals surface area (Å²) >= 11 is 7.06. The van der Waals surface area contributed by atoms with Crippen LogP contribution in [0.3, 0.4) is 0 Å². The maximum Gasteiger partial charge on any atom is 0.350 e. The number of carbonyl (C=O) groups excluding carboxylic acids is 4. The normalized spacial score (nSPS) is 13.3. The average Bonchev–Trinajstić information content (AvgIpc) is 3.31. The molecule has 35 heavy (non-hydrogen) atoms. The van der Waals surface area contributed by atoms with E-state index in [9.17, 15) is 23.6 Å². The lowest BCUT2D eigenvalue weighted by molar-refractivity contribution is -0.120. The lowest BCUT2D eigenvalue weighted by atomic mass is 10.2. The van der Waals surface area contributed by atoms with Crippen LogP contribution in [0.2, 0.25) is 0 Å². The summed E-state index contributed by atoms with van der Waals surface area (Å²) in [6.45, 7) is 1.63. The summed E-state index contributed by atoms with van der Waals surface area (Å²) in [5, 5.41) is 5.21. The largest absolute Gasteiger partial charge is 0.465 e. The molecule has 0 unspecified atom stereocenters. The fourth-order valence-corrected chi connectivity index (χ4v) is 4.31. The Balaban J connectivity index is 1.47. The molecule has 1 aromatic heterocycles. The summed E-state index contributed by atoms with van der Waals surface area (Å²) in [4.78, 5) is 54.6. The second-order valence-electron chi connectivity index (χ2n) is 7.17. The zero-order valence-electron chi connectivity index (χ0n) is 18.2. The van der Waals surface area contributed by atoms with Crippen LogP contribution in [0.15, 0.2) is 59.3 Å². The Kier molecular flexibility index (Phi) is 6.63. The Morgan fingerprint density at radius 1 is 1.09 bits per heavy atom. The Morgan fingerprint density at radius 2 is 1.77 bits per heavy atom. The summed E-state index contributed by atoms with van der Waals surface area (Å²) in [5.41, 5.74) is 0.638. The Labute approximate surface area is 207 Å². The maximum atomic E-state index is 14.1. The highest BCUT2D eigenvalue weighted by Crippen LogP contribution is 2.31. The number of ether oxygens (including phenoxy) is 1. The molecular weight excluding hydrogens is 499 g/mol. The van der Waals surface area contributed by atoms with E-state index < -0.39 is 29.5 Å². The molecule has 2 heterocycles. The minimum Gasteiger partial charge on any atom is -0.465 e. The summed E-state index contributed by atoms with van der Waals surface area (Å²) < 4.78 is 18.8. The lowest BCUT2D eigenvalue weighted by Crippen LogP contribution is -2.33. The van der Waals surface area contributed by atoms with Gasteiger partial charge in [-0.25, -0.2) is 19.1 Å². The molecule has 0 aliphatic carbocycles. The Morgan fingerprint density at radius 3 is 2.43 bits per heavy atom. The number of carbonyl (C=O) groups is 4. The van der Waals surface area contributed by atoms with Crippen molar-refractivity contribution in [3.05, 3.63) is 81.2 Å². The van der Waals surface area contributed by atoms with E-state index in [1.807, 2.05) is 0 Å². The van der Waals surface area contributed by atoms with Crippen LogP contribution >= 0.6 is 22.9 Å². The summed E-state index contributed by atoms with van der Waals surface area (Å²) in [6, 6.07) is 11.3. The molecule has 1 aliphatic rings. The van der Waals surface area contributed by atoms with E-state index in [0.29, 0.717) is 16.3 Å². The molecule has 0 saturated heterocycles. The van der Waals surface area contributed by atoms with Gasteiger partial charge in [0.25, 0.3) is 17.7 Å². The summed E-state index contributed by atoms with van der Waals surface area (Å²) in [6.07, 6.45) is 0. The van der Waals surface area contributed by atoms with Crippen molar-refractivity contribution < 1.29 is 28.3 Å². The number of hydrogen-bond acceptors (Lipinski definition) is 8. The van der Waals surface area contributed by atoms with E-state index >= 15 is 0 Å². The number of esters is 1. The van der Waals surface area contributed by atoms with Crippen molar-refractivity contribution in [2.45, 2.75) is 6.92 Å². The highest BCUT2D eigenvalue weighted by molar-refractivity contribution is 7.17. The number of thiazole rings is 1. The monoisotopic (exact) mass is 514 g/mol. The van der Waals surface area contributed by atoms with Crippen LogP contribution in [0, 0.1) is 12.7 Å². The number of halogens is 2. The van der Waals surface area contributed by atoms with E-state index in [1.54, 1.807) is 6.92 Å². The van der Waals surface area contributed by atoms with Crippen molar-refractivity contribution in [1.82, 2.24) is 4.98 Å². The van der Waals surface area contributed by atoms with E-state index in [4.69, 9.17) is 11.6 Å². The third-order valence-electron chi connectivity index (χ3n) is 4.92. The molecule has 3 aromatic rings. The van der Waals surface area contributed by atoms with E-state index in [0.717, 1.165) is 17.4 Å². The maximum absolute atomic E-state index is 14.1.